The van der Waals surface area contributed by atoms with Crippen molar-refractivity contribution in [3.8, 4) is 0 Å². The molecule has 0 radical (unpaired) electrons. The maximum atomic E-state index is 10.9. The minimum Gasteiger partial charge on any atom is -0.382 e. The molecule has 0 saturated carbocycles. The summed E-state index contributed by atoms with van der Waals surface area (Å²) in [6.07, 6.45) is 6.26. The second-order valence-corrected chi connectivity index (χ2v) is 6.47. The van der Waals surface area contributed by atoms with E-state index < -0.39 is 5.60 Å². The monoisotopic (exact) mass is 301 g/mol. The van der Waals surface area contributed by atoms with Crippen LogP contribution in [-0.4, -0.2) is 43.1 Å². The fraction of sp³-hybridized carbons (Fsp3) is 0.562. The summed E-state index contributed by atoms with van der Waals surface area (Å²) in [4.78, 5) is 6.44. The molecule has 118 valence electrons. The second kappa shape index (κ2) is 5.78. The predicted octanol–water partition coefficient (Wildman–Crippen LogP) is 1.66. The lowest BCUT2D eigenvalue weighted by Gasteiger charge is -2.21. The maximum Gasteiger partial charge on any atom is 0.124 e. The summed E-state index contributed by atoms with van der Waals surface area (Å²) in [5.74, 6) is 0. The van der Waals surface area contributed by atoms with E-state index in [2.05, 4.69) is 41.0 Å². The van der Waals surface area contributed by atoms with Crippen LogP contribution in [0.2, 0.25) is 0 Å². The smallest absolute Gasteiger partial charge is 0.124 e. The van der Waals surface area contributed by atoms with Crippen LogP contribution in [0.1, 0.15) is 43.1 Å². The molecule has 3 heterocycles. The zero-order chi connectivity index (χ0) is 15.7. The Labute approximate surface area is 130 Å². The van der Waals surface area contributed by atoms with Crippen molar-refractivity contribution in [1.82, 2.24) is 24.9 Å². The lowest BCUT2D eigenvalue weighted by molar-refractivity contribution is 0.0408. The van der Waals surface area contributed by atoms with E-state index in [1.54, 1.807) is 4.68 Å². The molecular formula is C16H23N5O. The Morgan fingerprint density at radius 1 is 1.41 bits per heavy atom. The fourth-order valence-corrected chi connectivity index (χ4v) is 2.86. The number of β-amino-alcohol motifs (C(OH)–C–C–N with tert-alkyl or cyclic N) is 1. The molecule has 0 aliphatic carbocycles. The second-order valence-electron chi connectivity index (χ2n) is 6.47. The van der Waals surface area contributed by atoms with Crippen LogP contribution in [0.3, 0.4) is 0 Å². The lowest BCUT2D eigenvalue weighted by Crippen LogP contribution is -2.31. The summed E-state index contributed by atoms with van der Waals surface area (Å²) in [7, 11) is 0. The van der Waals surface area contributed by atoms with Crippen LogP contribution in [0.15, 0.2) is 24.7 Å². The number of rotatable bonds is 4. The first-order valence-corrected chi connectivity index (χ1v) is 7.74. The summed E-state index contributed by atoms with van der Waals surface area (Å²) in [6, 6.07) is 2.27. The molecule has 2 aromatic heterocycles. The number of aryl methyl sites for hydroxylation is 1. The molecule has 0 spiro atoms. The third-order valence-corrected chi connectivity index (χ3v) is 4.38. The molecule has 1 saturated heterocycles. The highest BCUT2D eigenvalue weighted by atomic mass is 16.3. The first kappa shape index (κ1) is 15.1. The van der Waals surface area contributed by atoms with Crippen molar-refractivity contribution in [2.45, 2.75) is 45.4 Å². The van der Waals surface area contributed by atoms with Gasteiger partial charge in [0.15, 0.2) is 0 Å². The highest BCUT2D eigenvalue weighted by Crippen LogP contribution is 2.31. The third-order valence-electron chi connectivity index (χ3n) is 4.38. The van der Waals surface area contributed by atoms with Crippen LogP contribution < -0.4 is 0 Å². The van der Waals surface area contributed by atoms with Gasteiger partial charge in [-0.25, -0.2) is 4.68 Å². The van der Waals surface area contributed by atoms with Gasteiger partial charge in [0.1, 0.15) is 11.3 Å². The minimum atomic E-state index is -0.900. The van der Waals surface area contributed by atoms with Gasteiger partial charge in [-0.05, 0) is 44.4 Å². The van der Waals surface area contributed by atoms with E-state index in [0.29, 0.717) is 18.7 Å². The average molecular weight is 301 g/mol. The molecule has 2 aromatic rings. The average Bonchev–Trinajstić information content (AvgIpc) is 3.10. The predicted molar refractivity (Wildman–Crippen MR) is 83.2 cm³/mol. The van der Waals surface area contributed by atoms with Crippen LogP contribution in [0.5, 0.6) is 0 Å². The van der Waals surface area contributed by atoms with Crippen molar-refractivity contribution < 1.29 is 5.11 Å². The van der Waals surface area contributed by atoms with E-state index in [1.807, 2.05) is 24.7 Å². The van der Waals surface area contributed by atoms with Crippen molar-refractivity contribution in [2.75, 3.05) is 13.1 Å². The van der Waals surface area contributed by atoms with Crippen LogP contribution in [0, 0.1) is 6.92 Å². The number of likely N-dealkylation sites (tertiary alicyclic amines) is 1. The first-order valence-electron chi connectivity index (χ1n) is 7.74. The molecule has 0 amide bonds. The number of aliphatic hydroxyl groups is 1. The van der Waals surface area contributed by atoms with E-state index in [1.165, 1.54) is 11.1 Å². The number of hydrogen-bond acceptors (Lipinski definition) is 5. The zero-order valence-electron chi connectivity index (χ0n) is 13.4. The van der Waals surface area contributed by atoms with Crippen LogP contribution in [0.25, 0.3) is 0 Å². The van der Waals surface area contributed by atoms with E-state index in [0.717, 1.165) is 13.1 Å². The van der Waals surface area contributed by atoms with Crippen molar-refractivity contribution >= 4 is 0 Å². The Kier molecular flexibility index (Phi) is 3.97. The van der Waals surface area contributed by atoms with Gasteiger partial charge < -0.3 is 5.11 Å². The number of nitrogens with zero attached hydrogens (tertiary/aromatic N) is 5. The Morgan fingerprint density at radius 2 is 2.23 bits per heavy atom. The number of hydrogen-bond donors (Lipinski definition) is 1. The zero-order valence-corrected chi connectivity index (χ0v) is 13.4. The van der Waals surface area contributed by atoms with Crippen molar-refractivity contribution in [1.29, 1.82) is 0 Å². The Hall–Kier alpha value is -1.79. The molecule has 0 aromatic carbocycles. The summed E-state index contributed by atoms with van der Waals surface area (Å²) >= 11 is 0. The van der Waals surface area contributed by atoms with Crippen LogP contribution in [-0.2, 0) is 12.1 Å². The van der Waals surface area contributed by atoms with Gasteiger partial charge in [-0.15, -0.1) is 5.10 Å². The van der Waals surface area contributed by atoms with Gasteiger partial charge in [0, 0.05) is 38.1 Å². The van der Waals surface area contributed by atoms with E-state index >= 15 is 0 Å². The Balaban J connectivity index is 1.71. The van der Waals surface area contributed by atoms with Gasteiger partial charge >= 0.3 is 0 Å². The normalized spacial score (nSPS) is 22.6. The summed E-state index contributed by atoms with van der Waals surface area (Å²) in [5, 5.41) is 19.2. The largest absolute Gasteiger partial charge is 0.382 e. The standard InChI is InChI=1S/C16H23N5O/c1-12(2)21-10-15(18-19-21)16(22)5-7-20(11-16)9-14-8-17-6-4-13(14)3/h4,6,8,10,12,22H,5,7,9,11H2,1-3H3. The number of aromatic nitrogens is 4. The number of pyridine rings is 1. The van der Waals surface area contributed by atoms with Gasteiger partial charge in [-0.2, -0.15) is 0 Å². The van der Waals surface area contributed by atoms with Gasteiger partial charge in [-0.3, -0.25) is 9.88 Å². The minimum absolute atomic E-state index is 0.250. The maximum absolute atomic E-state index is 10.9. The molecule has 1 aliphatic heterocycles. The summed E-state index contributed by atoms with van der Waals surface area (Å²) in [6.45, 7) is 8.43. The molecule has 6 nitrogen and oxygen atoms in total. The van der Waals surface area contributed by atoms with Crippen molar-refractivity contribution in [2.24, 2.45) is 0 Å². The van der Waals surface area contributed by atoms with E-state index in [4.69, 9.17) is 0 Å². The molecule has 22 heavy (non-hydrogen) atoms. The molecule has 1 N–H and O–H groups in total. The topological polar surface area (TPSA) is 67.1 Å². The fourth-order valence-electron chi connectivity index (χ4n) is 2.86. The van der Waals surface area contributed by atoms with Crippen LogP contribution in [0.4, 0.5) is 0 Å². The van der Waals surface area contributed by atoms with Gasteiger partial charge in [0.2, 0.25) is 0 Å². The van der Waals surface area contributed by atoms with Crippen LogP contribution >= 0.6 is 0 Å². The van der Waals surface area contributed by atoms with E-state index in [-0.39, 0.29) is 6.04 Å². The molecule has 0 bridgehead atoms. The first-order chi connectivity index (χ1) is 10.5. The Bertz CT molecular complexity index is 653. The van der Waals surface area contributed by atoms with Gasteiger partial charge in [0.05, 0.1) is 6.20 Å². The lowest BCUT2D eigenvalue weighted by atomic mass is 10.00. The van der Waals surface area contributed by atoms with Gasteiger partial charge in [0.25, 0.3) is 0 Å². The SMILES string of the molecule is Cc1ccncc1CN1CCC(O)(c2cn(C(C)C)nn2)C1. The molecule has 6 heteroatoms. The molecule has 1 unspecified atom stereocenters. The summed E-state index contributed by atoms with van der Waals surface area (Å²) < 4.78 is 1.79. The molecule has 1 aliphatic rings. The summed E-state index contributed by atoms with van der Waals surface area (Å²) in [5.41, 5.74) is 2.21. The Morgan fingerprint density at radius 3 is 2.91 bits per heavy atom. The van der Waals surface area contributed by atoms with Crippen molar-refractivity contribution in [3.05, 3.63) is 41.5 Å². The third kappa shape index (κ3) is 2.89. The van der Waals surface area contributed by atoms with Gasteiger partial charge in [-0.1, -0.05) is 5.21 Å². The molecular weight excluding hydrogens is 278 g/mol. The molecule has 1 fully saturated rings. The molecule has 3 rings (SSSR count). The van der Waals surface area contributed by atoms with E-state index in [9.17, 15) is 5.11 Å². The molecule has 1 atom stereocenters. The van der Waals surface area contributed by atoms with Crippen molar-refractivity contribution in [3.63, 3.8) is 0 Å². The highest BCUT2D eigenvalue weighted by Gasteiger charge is 2.40. The quantitative estimate of drug-likeness (QED) is 0.930. The highest BCUT2D eigenvalue weighted by molar-refractivity contribution is 5.22.